The molecule has 0 bridgehead atoms. The molecule has 1 aromatic heterocycles. The summed E-state index contributed by atoms with van der Waals surface area (Å²) in [7, 11) is 1.50. The Morgan fingerprint density at radius 3 is 2.48 bits per heavy atom. The third kappa shape index (κ3) is 6.40. The first kappa shape index (κ1) is 21.5. The Morgan fingerprint density at radius 1 is 1.03 bits per heavy atom. The molecule has 0 aliphatic carbocycles. The lowest BCUT2D eigenvalue weighted by molar-refractivity contribution is -0.118. The van der Waals surface area contributed by atoms with Gasteiger partial charge >= 0.3 is 0 Å². The van der Waals surface area contributed by atoms with Crippen LogP contribution in [0.5, 0.6) is 11.5 Å². The molecule has 0 fully saturated rings. The van der Waals surface area contributed by atoms with Crippen molar-refractivity contribution in [2.45, 2.75) is 6.92 Å². The summed E-state index contributed by atoms with van der Waals surface area (Å²) in [4.78, 5) is 28.0. The van der Waals surface area contributed by atoms with E-state index in [-0.39, 0.29) is 18.4 Å². The van der Waals surface area contributed by atoms with E-state index in [1.165, 1.54) is 25.7 Å². The van der Waals surface area contributed by atoms with E-state index in [0.29, 0.717) is 28.3 Å². The lowest BCUT2D eigenvalue weighted by Crippen LogP contribution is -2.20. The van der Waals surface area contributed by atoms with Crippen molar-refractivity contribution in [3.05, 3.63) is 83.7 Å². The van der Waals surface area contributed by atoms with E-state index in [1.54, 1.807) is 30.3 Å². The molecule has 8 heteroatoms. The molecule has 0 unspecified atom stereocenters. The van der Waals surface area contributed by atoms with Crippen LogP contribution in [-0.2, 0) is 4.79 Å². The van der Waals surface area contributed by atoms with Crippen molar-refractivity contribution in [2.24, 2.45) is 5.10 Å². The number of benzene rings is 2. The number of nitrogens with zero attached hydrogens (tertiary/aromatic N) is 2. The zero-order valence-corrected chi connectivity index (χ0v) is 17.2. The van der Waals surface area contributed by atoms with Gasteiger partial charge in [0.25, 0.3) is 11.8 Å². The number of aryl methyl sites for hydroxylation is 1. The average Bonchev–Trinajstić information content (AvgIpc) is 2.80. The number of pyridine rings is 1. The van der Waals surface area contributed by atoms with Gasteiger partial charge in [0.1, 0.15) is 0 Å². The Kier molecular flexibility index (Phi) is 7.31. The Bertz CT molecular complexity index is 1070. The highest BCUT2D eigenvalue weighted by Gasteiger charge is 2.09. The van der Waals surface area contributed by atoms with Crippen LogP contribution in [0.15, 0.2) is 72.1 Å². The fourth-order valence-corrected chi connectivity index (χ4v) is 2.59. The molecule has 0 aliphatic heterocycles. The molecule has 0 aliphatic rings. The second-order valence-corrected chi connectivity index (χ2v) is 6.55. The highest BCUT2D eigenvalue weighted by Crippen LogP contribution is 2.27. The molecule has 0 radical (unpaired) electrons. The van der Waals surface area contributed by atoms with Crippen LogP contribution in [-0.4, -0.2) is 36.7 Å². The zero-order valence-electron chi connectivity index (χ0n) is 17.2. The zero-order chi connectivity index (χ0) is 22.1. The number of hydrogen-bond donors (Lipinski definition) is 2. The summed E-state index contributed by atoms with van der Waals surface area (Å²) < 4.78 is 10.9. The van der Waals surface area contributed by atoms with Crippen LogP contribution < -0.4 is 20.2 Å². The lowest BCUT2D eigenvalue weighted by atomic mass is 10.2. The maximum atomic E-state index is 12.1. The molecule has 31 heavy (non-hydrogen) atoms. The monoisotopic (exact) mass is 418 g/mol. The van der Waals surface area contributed by atoms with E-state index in [1.807, 2.05) is 31.2 Å². The van der Waals surface area contributed by atoms with Crippen molar-refractivity contribution in [2.75, 3.05) is 19.0 Å². The van der Waals surface area contributed by atoms with Crippen molar-refractivity contribution in [1.82, 2.24) is 10.4 Å². The molecule has 0 saturated heterocycles. The molecule has 0 saturated carbocycles. The molecule has 1 heterocycles. The number of rotatable bonds is 8. The van der Waals surface area contributed by atoms with Crippen LogP contribution in [0.25, 0.3) is 0 Å². The summed E-state index contributed by atoms with van der Waals surface area (Å²) in [5, 5.41) is 6.71. The van der Waals surface area contributed by atoms with Gasteiger partial charge in [0.2, 0.25) is 0 Å². The Labute approximate surface area is 179 Å². The predicted octanol–water partition coefficient (Wildman–Crippen LogP) is 3.18. The fourth-order valence-electron chi connectivity index (χ4n) is 2.59. The summed E-state index contributed by atoms with van der Waals surface area (Å²) in [6.07, 6.45) is 4.54. The number of hydrogen-bond acceptors (Lipinski definition) is 6. The summed E-state index contributed by atoms with van der Waals surface area (Å²) >= 11 is 0. The number of ether oxygens (including phenoxy) is 2. The molecule has 3 aromatic rings. The van der Waals surface area contributed by atoms with Crippen LogP contribution in [0.3, 0.4) is 0 Å². The van der Waals surface area contributed by atoms with E-state index in [4.69, 9.17) is 9.47 Å². The van der Waals surface area contributed by atoms with E-state index >= 15 is 0 Å². The van der Waals surface area contributed by atoms with Crippen molar-refractivity contribution < 1.29 is 19.1 Å². The minimum absolute atomic E-state index is 0.167. The van der Waals surface area contributed by atoms with Gasteiger partial charge in [-0.2, -0.15) is 5.10 Å². The molecular formula is C23H22N4O4. The summed E-state index contributed by atoms with van der Waals surface area (Å²) in [5.41, 5.74) is 5.39. The predicted molar refractivity (Wildman–Crippen MR) is 118 cm³/mol. The molecule has 8 nitrogen and oxygen atoms in total. The molecular weight excluding hydrogens is 396 g/mol. The number of hydrazone groups is 1. The van der Waals surface area contributed by atoms with Crippen LogP contribution in [0.4, 0.5) is 5.69 Å². The number of aromatic nitrogens is 1. The van der Waals surface area contributed by atoms with Gasteiger partial charge in [0.15, 0.2) is 18.1 Å². The van der Waals surface area contributed by atoms with Crippen molar-refractivity contribution in [3.63, 3.8) is 0 Å². The van der Waals surface area contributed by atoms with Gasteiger partial charge in [0, 0.05) is 23.6 Å². The second kappa shape index (κ2) is 10.5. The third-order valence-electron chi connectivity index (χ3n) is 4.20. The van der Waals surface area contributed by atoms with Crippen LogP contribution in [0, 0.1) is 6.92 Å². The van der Waals surface area contributed by atoms with Crippen molar-refractivity contribution in [3.8, 4) is 11.5 Å². The van der Waals surface area contributed by atoms with Gasteiger partial charge in [-0.15, -0.1) is 0 Å². The van der Waals surface area contributed by atoms with Gasteiger partial charge in [0.05, 0.1) is 13.3 Å². The molecule has 2 aromatic carbocycles. The number of anilines is 1. The van der Waals surface area contributed by atoms with Crippen LogP contribution in [0.1, 0.15) is 21.5 Å². The standard InChI is InChI=1S/C23H22N4O4/c1-16-3-6-19(7-4-16)26-22(28)15-31-20-8-5-17(13-21(20)30-2)14-25-27-23(29)18-9-11-24-12-10-18/h3-14H,15H2,1-2H3,(H,26,28)(H,27,29)/b25-14+. The first-order valence-electron chi connectivity index (χ1n) is 9.46. The van der Waals surface area contributed by atoms with E-state index in [9.17, 15) is 9.59 Å². The van der Waals surface area contributed by atoms with Gasteiger partial charge < -0.3 is 14.8 Å². The number of nitrogens with one attached hydrogen (secondary N) is 2. The van der Waals surface area contributed by atoms with Gasteiger partial charge in [-0.25, -0.2) is 5.43 Å². The quantitative estimate of drug-likeness (QED) is 0.432. The second-order valence-electron chi connectivity index (χ2n) is 6.55. The molecule has 2 amide bonds. The van der Waals surface area contributed by atoms with Gasteiger partial charge in [-0.3, -0.25) is 14.6 Å². The van der Waals surface area contributed by atoms with Gasteiger partial charge in [-0.1, -0.05) is 17.7 Å². The first-order valence-corrected chi connectivity index (χ1v) is 9.46. The van der Waals surface area contributed by atoms with Crippen molar-refractivity contribution in [1.29, 1.82) is 0 Å². The maximum absolute atomic E-state index is 12.1. The van der Waals surface area contributed by atoms with Gasteiger partial charge in [-0.05, 0) is 55.0 Å². The maximum Gasteiger partial charge on any atom is 0.271 e. The normalized spacial score (nSPS) is 10.5. The topological polar surface area (TPSA) is 102 Å². The molecule has 2 N–H and O–H groups in total. The first-order chi connectivity index (χ1) is 15.0. The SMILES string of the molecule is COc1cc(/C=N/NC(=O)c2ccncc2)ccc1OCC(=O)Nc1ccc(C)cc1. The molecule has 0 spiro atoms. The smallest absolute Gasteiger partial charge is 0.271 e. The molecule has 158 valence electrons. The van der Waals surface area contributed by atoms with E-state index < -0.39 is 0 Å². The Morgan fingerprint density at radius 2 is 1.77 bits per heavy atom. The lowest BCUT2D eigenvalue weighted by Gasteiger charge is -2.11. The Hall–Kier alpha value is -4.20. The summed E-state index contributed by atoms with van der Waals surface area (Å²) in [5.74, 6) is 0.229. The molecule has 3 rings (SSSR count). The van der Waals surface area contributed by atoms with Crippen molar-refractivity contribution >= 4 is 23.7 Å². The van der Waals surface area contributed by atoms with Crippen LogP contribution >= 0.6 is 0 Å². The Balaban J connectivity index is 1.56. The summed E-state index contributed by atoms with van der Waals surface area (Å²) in [6, 6.07) is 15.8. The number of carbonyl (C=O) groups is 2. The molecule has 0 atom stereocenters. The van der Waals surface area contributed by atoms with Crippen LogP contribution in [0.2, 0.25) is 0 Å². The van der Waals surface area contributed by atoms with E-state index in [2.05, 4.69) is 20.8 Å². The average molecular weight is 418 g/mol. The highest BCUT2D eigenvalue weighted by molar-refractivity contribution is 5.94. The minimum Gasteiger partial charge on any atom is -0.493 e. The largest absolute Gasteiger partial charge is 0.493 e. The highest BCUT2D eigenvalue weighted by atomic mass is 16.5. The number of amides is 2. The minimum atomic E-state index is -0.342. The summed E-state index contributed by atoms with van der Waals surface area (Å²) in [6.45, 7) is 1.81. The van der Waals surface area contributed by atoms with E-state index in [0.717, 1.165) is 5.56 Å². The number of carbonyl (C=O) groups excluding carboxylic acids is 2. The third-order valence-corrected chi connectivity index (χ3v) is 4.20. The fraction of sp³-hybridized carbons (Fsp3) is 0.130. The number of methoxy groups -OCH3 is 1.